The first-order valence-corrected chi connectivity index (χ1v) is 5.86. The van der Waals surface area contributed by atoms with Gasteiger partial charge in [-0.15, -0.1) is 0 Å². The van der Waals surface area contributed by atoms with Crippen molar-refractivity contribution in [3.63, 3.8) is 0 Å². The molecule has 1 aromatic carbocycles. The lowest BCUT2D eigenvalue weighted by molar-refractivity contribution is 0.304. The highest BCUT2D eigenvalue weighted by molar-refractivity contribution is 5.61. The molecule has 1 fully saturated rings. The first kappa shape index (κ1) is 11.1. The fourth-order valence-corrected chi connectivity index (χ4v) is 1.67. The van der Waals surface area contributed by atoms with Crippen LogP contribution >= 0.6 is 0 Å². The van der Waals surface area contributed by atoms with E-state index in [9.17, 15) is 0 Å². The van der Waals surface area contributed by atoms with Gasteiger partial charge in [0.2, 0.25) is 0 Å². The summed E-state index contributed by atoms with van der Waals surface area (Å²) in [5, 5.41) is 0. The maximum absolute atomic E-state index is 5.88. The Morgan fingerprint density at radius 3 is 2.75 bits per heavy atom. The van der Waals surface area contributed by atoms with Gasteiger partial charge in [0, 0.05) is 25.8 Å². The Labute approximate surface area is 97.2 Å². The van der Waals surface area contributed by atoms with Crippen LogP contribution in [0.4, 0.5) is 11.4 Å². The molecule has 0 saturated heterocycles. The number of nitrogens with zero attached hydrogens (tertiary/aromatic N) is 1. The molecule has 88 valence electrons. The Morgan fingerprint density at radius 2 is 2.12 bits per heavy atom. The normalized spacial score (nSPS) is 14.9. The van der Waals surface area contributed by atoms with E-state index < -0.39 is 0 Å². The average Bonchev–Trinajstić information content (AvgIpc) is 3.04. The van der Waals surface area contributed by atoms with Crippen molar-refractivity contribution >= 4 is 11.4 Å². The molecule has 0 unspecified atom stereocenters. The van der Waals surface area contributed by atoms with Crippen LogP contribution in [0.2, 0.25) is 0 Å². The number of nitrogen functional groups attached to an aromatic ring is 1. The minimum Gasteiger partial charge on any atom is -0.491 e. The van der Waals surface area contributed by atoms with Crippen LogP contribution < -0.4 is 15.4 Å². The largest absolute Gasteiger partial charge is 0.491 e. The summed E-state index contributed by atoms with van der Waals surface area (Å²) in [4.78, 5) is 2.05. The van der Waals surface area contributed by atoms with E-state index in [1.54, 1.807) is 0 Å². The molecule has 0 amide bonds. The summed E-state index contributed by atoms with van der Waals surface area (Å²) in [6.07, 6.45) is 3.90. The predicted octanol–water partition coefficient (Wildman–Crippen LogP) is 2.51. The van der Waals surface area contributed by atoms with Gasteiger partial charge in [-0.25, -0.2) is 0 Å². The van der Waals surface area contributed by atoms with Gasteiger partial charge in [-0.3, -0.25) is 0 Å². The summed E-state index contributed by atoms with van der Waals surface area (Å²) >= 11 is 0. The molecule has 1 aliphatic carbocycles. The molecular formula is C13H20N2O. The number of ether oxygens (including phenoxy) is 1. The minimum atomic E-state index is 0.724. The standard InChI is InChI=1S/C13H20N2O/c1-15(2)11-5-6-12(14)13(9-11)16-8-7-10-3-4-10/h5-6,9-10H,3-4,7-8,14H2,1-2H3. The molecule has 0 aromatic heterocycles. The quantitative estimate of drug-likeness (QED) is 0.775. The van der Waals surface area contributed by atoms with Crippen molar-refractivity contribution in [3.05, 3.63) is 18.2 Å². The summed E-state index contributed by atoms with van der Waals surface area (Å²) < 4.78 is 5.73. The summed E-state index contributed by atoms with van der Waals surface area (Å²) in [6.45, 7) is 0.783. The molecule has 0 radical (unpaired) electrons. The molecule has 16 heavy (non-hydrogen) atoms. The first-order valence-electron chi connectivity index (χ1n) is 5.86. The molecule has 1 saturated carbocycles. The van der Waals surface area contributed by atoms with Gasteiger partial charge in [0.25, 0.3) is 0 Å². The monoisotopic (exact) mass is 220 g/mol. The van der Waals surface area contributed by atoms with Crippen molar-refractivity contribution in [3.8, 4) is 5.75 Å². The number of benzene rings is 1. The molecule has 3 nitrogen and oxygen atoms in total. The second-order valence-corrected chi connectivity index (χ2v) is 4.70. The minimum absolute atomic E-state index is 0.724. The molecule has 0 aliphatic heterocycles. The third-order valence-corrected chi connectivity index (χ3v) is 2.99. The molecule has 2 rings (SSSR count). The van der Waals surface area contributed by atoms with Crippen molar-refractivity contribution in [1.29, 1.82) is 0 Å². The lowest BCUT2D eigenvalue weighted by Gasteiger charge is -2.15. The van der Waals surface area contributed by atoms with E-state index in [2.05, 4.69) is 0 Å². The zero-order valence-corrected chi connectivity index (χ0v) is 10.1. The Morgan fingerprint density at radius 1 is 1.38 bits per heavy atom. The van der Waals surface area contributed by atoms with Crippen LogP contribution in [0.25, 0.3) is 0 Å². The van der Waals surface area contributed by atoms with Crippen molar-refractivity contribution < 1.29 is 4.74 Å². The number of nitrogens with two attached hydrogens (primary N) is 1. The van der Waals surface area contributed by atoms with E-state index in [4.69, 9.17) is 10.5 Å². The summed E-state index contributed by atoms with van der Waals surface area (Å²) in [6, 6.07) is 5.91. The van der Waals surface area contributed by atoms with Crippen molar-refractivity contribution in [2.75, 3.05) is 31.3 Å². The highest BCUT2D eigenvalue weighted by Crippen LogP contribution is 2.33. The zero-order chi connectivity index (χ0) is 11.5. The third-order valence-electron chi connectivity index (χ3n) is 2.99. The van der Waals surface area contributed by atoms with Crippen LogP contribution in [-0.2, 0) is 0 Å². The van der Waals surface area contributed by atoms with E-state index in [1.165, 1.54) is 12.8 Å². The van der Waals surface area contributed by atoms with E-state index >= 15 is 0 Å². The topological polar surface area (TPSA) is 38.5 Å². The van der Waals surface area contributed by atoms with Gasteiger partial charge >= 0.3 is 0 Å². The molecule has 0 bridgehead atoms. The van der Waals surface area contributed by atoms with E-state index in [1.807, 2.05) is 37.2 Å². The van der Waals surface area contributed by atoms with Crippen LogP contribution in [0.1, 0.15) is 19.3 Å². The Kier molecular flexibility index (Phi) is 3.22. The molecule has 0 heterocycles. The number of anilines is 2. The summed E-state index contributed by atoms with van der Waals surface area (Å²) in [5.41, 5.74) is 7.72. The fraction of sp³-hybridized carbons (Fsp3) is 0.538. The van der Waals surface area contributed by atoms with Gasteiger partial charge in [0.05, 0.1) is 12.3 Å². The van der Waals surface area contributed by atoms with Gasteiger partial charge in [-0.05, 0) is 24.5 Å². The van der Waals surface area contributed by atoms with E-state index in [0.717, 1.165) is 36.1 Å². The first-order chi connectivity index (χ1) is 7.66. The molecular weight excluding hydrogens is 200 g/mol. The second kappa shape index (κ2) is 4.64. The second-order valence-electron chi connectivity index (χ2n) is 4.70. The highest BCUT2D eigenvalue weighted by Gasteiger charge is 2.20. The van der Waals surface area contributed by atoms with Gasteiger partial charge in [0.1, 0.15) is 5.75 Å². The molecule has 3 heteroatoms. The molecule has 1 aliphatic rings. The van der Waals surface area contributed by atoms with E-state index in [-0.39, 0.29) is 0 Å². The SMILES string of the molecule is CN(C)c1ccc(N)c(OCCC2CC2)c1. The van der Waals surface area contributed by atoms with Crippen LogP contribution in [-0.4, -0.2) is 20.7 Å². The Bertz CT molecular complexity index is 359. The predicted molar refractivity (Wildman–Crippen MR) is 68.0 cm³/mol. The van der Waals surface area contributed by atoms with Crippen LogP contribution in [0.3, 0.4) is 0 Å². The summed E-state index contributed by atoms with van der Waals surface area (Å²) in [5.74, 6) is 1.71. The highest BCUT2D eigenvalue weighted by atomic mass is 16.5. The maximum Gasteiger partial charge on any atom is 0.144 e. The molecule has 1 aromatic rings. The third kappa shape index (κ3) is 2.81. The molecule has 0 spiro atoms. The van der Waals surface area contributed by atoms with Crippen LogP contribution in [0.15, 0.2) is 18.2 Å². The number of hydrogen-bond acceptors (Lipinski definition) is 3. The van der Waals surface area contributed by atoms with Gasteiger partial charge in [0.15, 0.2) is 0 Å². The van der Waals surface area contributed by atoms with Crippen molar-refractivity contribution in [2.45, 2.75) is 19.3 Å². The van der Waals surface area contributed by atoms with Crippen molar-refractivity contribution in [2.24, 2.45) is 5.92 Å². The zero-order valence-electron chi connectivity index (χ0n) is 10.1. The lowest BCUT2D eigenvalue weighted by Crippen LogP contribution is -2.09. The van der Waals surface area contributed by atoms with Crippen molar-refractivity contribution in [1.82, 2.24) is 0 Å². The number of rotatable bonds is 5. The molecule has 0 atom stereocenters. The van der Waals surface area contributed by atoms with Gasteiger partial charge in [-0.2, -0.15) is 0 Å². The lowest BCUT2D eigenvalue weighted by atomic mass is 10.2. The Hall–Kier alpha value is -1.38. The van der Waals surface area contributed by atoms with Crippen LogP contribution in [0.5, 0.6) is 5.75 Å². The smallest absolute Gasteiger partial charge is 0.144 e. The average molecular weight is 220 g/mol. The van der Waals surface area contributed by atoms with Gasteiger partial charge in [-0.1, -0.05) is 12.8 Å². The van der Waals surface area contributed by atoms with Gasteiger partial charge < -0.3 is 15.4 Å². The molecule has 2 N–H and O–H groups in total. The number of hydrogen-bond donors (Lipinski definition) is 1. The fourth-order valence-electron chi connectivity index (χ4n) is 1.67. The maximum atomic E-state index is 5.88. The Balaban J connectivity index is 1.96. The van der Waals surface area contributed by atoms with Crippen LogP contribution in [0, 0.1) is 5.92 Å². The van der Waals surface area contributed by atoms with E-state index in [0.29, 0.717) is 0 Å². The summed E-state index contributed by atoms with van der Waals surface area (Å²) in [7, 11) is 4.03.